The van der Waals surface area contributed by atoms with Crippen molar-refractivity contribution < 1.29 is 4.74 Å². The van der Waals surface area contributed by atoms with Crippen LogP contribution in [0.25, 0.3) is 0 Å². The number of thiophene rings is 1. The zero-order valence-corrected chi connectivity index (χ0v) is 15.8. The molecule has 0 aliphatic heterocycles. The molecule has 19 heavy (non-hydrogen) atoms. The lowest BCUT2D eigenvalue weighted by Crippen LogP contribution is -1.95. The van der Waals surface area contributed by atoms with Crippen LogP contribution >= 0.6 is 78.0 Å². The van der Waals surface area contributed by atoms with E-state index >= 15 is 0 Å². The van der Waals surface area contributed by atoms with Crippen molar-refractivity contribution in [3.05, 3.63) is 46.9 Å². The molecule has 1 atom stereocenters. The normalized spacial score (nSPS) is 12.5. The minimum atomic E-state index is -0.382. The summed E-state index contributed by atoms with van der Waals surface area (Å²) in [7, 11) is 1.54. The quantitative estimate of drug-likeness (QED) is 0.448. The van der Waals surface area contributed by atoms with Crippen molar-refractivity contribution in [1.82, 2.24) is 0 Å². The van der Waals surface area contributed by atoms with E-state index in [4.69, 9.17) is 39.5 Å². The Morgan fingerprint density at radius 1 is 1.11 bits per heavy atom. The van der Waals surface area contributed by atoms with Crippen LogP contribution in [0.5, 0.6) is 5.75 Å². The van der Waals surface area contributed by atoms with Gasteiger partial charge in [0.05, 0.1) is 25.1 Å². The van der Waals surface area contributed by atoms with Crippen molar-refractivity contribution in [2.45, 2.75) is 5.38 Å². The summed E-state index contributed by atoms with van der Waals surface area (Å²) in [5.74, 6) is 0.532. The average molecular weight is 465 g/mol. The van der Waals surface area contributed by atoms with Gasteiger partial charge < -0.3 is 4.74 Å². The van der Waals surface area contributed by atoms with Gasteiger partial charge in [0, 0.05) is 16.7 Å². The predicted molar refractivity (Wildman–Crippen MR) is 90.4 cm³/mol. The first-order valence-electron chi connectivity index (χ1n) is 5.05. The third kappa shape index (κ3) is 3.42. The van der Waals surface area contributed by atoms with Gasteiger partial charge in [-0.15, -0.1) is 22.9 Å². The molecule has 7 heteroatoms. The van der Waals surface area contributed by atoms with Crippen LogP contribution in [0.4, 0.5) is 0 Å². The lowest BCUT2D eigenvalue weighted by Gasteiger charge is -2.13. The number of halogens is 5. The maximum atomic E-state index is 6.49. The maximum absolute atomic E-state index is 6.49. The van der Waals surface area contributed by atoms with Gasteiger partial charge in [0.15, 0.2) is 0 Å². The molecular formula is C12H7Br2Cl3OS. The van der Waals surface area contributed by atoms with Crippen LogP contribution in [0.2, 0.25) is 10.0 Å². The van der Waals surface area contributed by atoms with Gasteiger partial charge in [-0.25, -0.2) is 0 Å². The Morgan fingerprint density at radius 3 is 2.32 bits per heavy atom. The molecule has 0 aliphatic rings. The number of benzene rings is 1. The summed E-state index contributed by atoms with van der Waals surface area (Å²) >= 11 is 27.3. The summed E-state index contributed by atoms with van der Waals surface area (Å²) in [6.45, 7) is 0. The Bertz CT molecular complexity index is 615. The Morgan fingerprint density at radius 2 is 1.79 bits per heavy atom. The van der Waals surface area contributed by atoms with Crippen molar-refractivity contribution in [2.75, 3.05) is 7.11 Å². The number of ether oxygens (including phenoxy) is 1. The van der Waals surface area contributed by atoms with Crippen molar-refractivity contribution in [2.24, 2.45) is 0 Å². The van der Waals surface area contributed by atoms with Gasteiger partial charge in [-0.2, -0.15) is 0 Å². The zero-order chi connectivity index (χ0) is 14.2. The lowest BCUT2D eigenvalue weighted by molar-refractivity contribution is 0.415. The van der Waals surface area contributed by atoms with E-state index in [2.05, 4.69) is 31.9 Å². The van der Waals surface area contributed by atoms with Crippen molar-refractivity contribution in [1.29, 1.82) is 0 Å². The molecule has 0 saturated heterocycles. The molecule has 0 N–H and O–H groups in total. The van der Waals surface area contributed by atoms with Gasteiger partial charge in [-0.1, -0.05) is 23.2 Å². The molecule has 1 heterocycles. The first-order valence-corrected chi connectivity index (χ1v) is 8.65. The third-order valence-corrected chi connectivity index (χ3v) is 5.98. The molecule has 0 saturated carbocycles. The fraction of sp³-hybridized carbons (Fsp3) is 0.167. The molecule has 1 unspecified atom stereocenters. The number of hydrogen-bond donors (Lipinski definition) is 0. The number of alkyl halides is 1. The molecular weight excluding hydrogens is 458 g/mol. The summed E-state index contributed by atoms with van der Waals surface area (Å²) in [6.07, 6.45) is 0. The van der Waals surface area contributed by atoms with Gasteiger partial charge in [-0.3, -0.25) is 0 Å². The molecule has 1 aromatic carbocycles. The Labute approximate surface area is 147 Å². The molecule has 0 fully saturated rings. The SMILES string of the molecule is COc1cc(Cl)c(C(Cl)c2cc(Br)sc2Br)cc1Cl. The van der Waals surface area contributed by atoms with Crippen molar-refractivity contribution in [3.8, 4) is 5.75 Å². The summed E-state index contributed by atoms with van der Waals surface area (Å²) in [6, 6.07) is 5.36. The van der Waals surface area contributed by atoms with Gasteiger partial charge >= 0.3 is 0 Å². The second kappa shape index (κ2) is 6.54. The standard InChI is InChI=1S/C12H7Br2Cl3OS/c1-18-9-4-7(15)5(2-8(9)16)11(17)6-3-10(13)19-12(6)14/h2-4,11H,1H3. The summed E-state index contributed by atoms with van der Waals surface area (Å²) in [4.78, 5) is 0. The zero-order valence-electron chi connectivity index (χ0n) is 9.52. The highest BCUT2D eigenvalue weighted by molar-refractivity contribution is 9.12. The fourth-order valence-electron chi connectivity index (χ4n) is 1.59. The van der Waals surface area contributed by atoms with E-state index in [0.717, 1.165) is 18.7 Å². The topological polar surface area (TPSA) is 9.23 Å². The molecule has 2 rings (SSSR count). The van der Waals surface area contributed by atoms with Gasteiger partial charge in [0.1, 0.15) is 5.75 Å². The fourth-order valence-corrected chi connectivity index (χ4v) is 5.61. The Kier molecular flexibility index (Phi) is 5.49. The van der Waals surface area contributed by atoms with E-state index in [1.165, 1.54) is 0 Å². The monoisotopic (exact) mass is 462 g/mol. The summed E-state index contributed by atoms with van der Waals surface area (Å²) < 4.78 is 7.08. The highest BCUT2D eigenvalue weighted by Gasteiger charge is 2.21. The van der Waals surface area contributed by atoms with E-state index in [9.17, 15) is 0 Å². The van der Waals surface area contributed by atoms with E-state index in [0.29, 0.717) is 15.8 Å². The summed E-state index contributed by atoms with van der Waals surface area (Å²) in [5, 5.41) is 0.626. The summed E-state index contributed by atoms with van der Waals surface area (Å²) in [5.41, 5.74) is 1.70. The number of hydrogen-bond acceptors (Lipinski definition) is 2. The average Bonchev–Trinajstić information content (AvgIpc) is 2.70. The minimum Gasteiger partial charge on any atom is -0.495 e. The van der Waals surface area contributed by atoms with Crippen LogP contribution in [-0.2, 0) is 0 Å². The predicted octanol–water partition coefficient (Wildman–Crippen LogP) is 6.92. The smallest absolute Gasteiger partial charge is 0.138 e. The lowest BCUT2D eigenvalue weighted by atomic mass is 10.1. The Balaban J connectivity index is 2.47. The van der Waals surface area contributed by atoms with Crippen LogP contribution in [-0.4, -0.2) is 7.11 Å². The Hall–Kier alpha value is 0.550. The molecule has 0 spiro atoms. The number of rotatable bonds is 3. The van der Waals surface area contributed by atoms with Gasteiger partial charge in [-0.05, 0) is 49.6 Å². The van der Waals surface area contributed by atoms with Crippen LogP contribution in [0.1, 0.15) is 16.5 Å². The molecule has 0 amide bonds. The van der Waals surface area contributed by atoms with Gasteiger partial charge in [0.2, 0.25) is 0 Å². The number of methoxy groups -OCH3 is 1. The van der Waals surface area contributed by atoms with Crippen LogP contribution in [0, 0.1) is 0 Å². The molecule has 2 aromatic rings. The highest BCUT2D eigenvalue weighted by atomic mass is 79.9. The molecule has 0 radical (unpaired) electrons. The molecule has 0 aliphatic carbocycles. The molecule has 1 nitrogen and oxygen atoms in total. The van der Waals surface area contributed by atoms with E-state index in [1.54, 1.807) is 30.6 Å². The van der Waals surface area contributed by atoms with E-state index < -0.39 is 0 Å². The second-order valence-electron chi connectivity index (χ2n) is 3.65. The second-order valence-corrected chi connectivity index (χ2v) is 8.65. The van der Waals surface area contributed by atoms with Crippen LogP contribution < -0.4 is 4.74 Å². The van der Waals surface area contributed by atoms with Crippen LogP contribution in [0.3, 0.4) is 0 Å². The molecule has 1 aromatic heterocycles. The molecule has 102 valence electrons. The first-order chi connectivity index (χ1) is 8.93. The van der Waals surface area contributed by atoms with Gasteiger partial charge in [0.25, 0.3) is 0 Å². The van der Waals surface area contributed by atoms with Crippen molar-refractivity contribution in [3.63, 3.8) is 0 Å². The highest BCUT2D eigenvalue weighted by Crippen LogP contribution is 2.44. The maximum Gasteiger partial charge on any atom is 0.138 e. The van der Waals surface area contributed by atoms with E-state index in [-0.39, 0.29) is 5.38 Å². The largest absolute Gasteiger partial charge is 0.495 e. The first kappa shape index (κ1) is 15.9. The van der Waals surface area contributed by atoms with Crippen molar-refractivity contribution >= 4 is 78.0 Å². The van der Waals surface area contributed by atoms with E-state index in [1.807, 2.05) is 6.07 Å². The third-order valence-electron chi connectivity index (χ3n) is 2.50. The minimum absolute atomic E-state index is 0.382. The molecule has 0 bridgehead atoms. The van der Waals surface area contributed by atoms with Crippen LogP contribution in [0.15, 0.2) is 25.8 Å².